The SMILES string of the molecule is CC(C)(C(=O)O)C(=O)N1CCC[C@]1(C)N. The molecule has 0 aromatic heterocycles. The van der Waals surface area contributed by atoms with Gasteiger partial charge in [0.1, 0.15) is 5.41 Å². The highest BCUT2D eigenvalue weighted by molar-refractivity contribution is 6.01. The fourth-order valence-electron chi connectivity index (χ4n) is 1.75. The molecule has 0 spiro atoms. The van der Waals surface area contributed by atoms with Gasteiger partial charge in [-0.2, -0.15) is 0 Å². The van der Waals surface area contributed by atoms with Crippen LogP contribution in [0.5, 0.6) is 0 Å². The van der Waals surface area contributed by atoms with Gasteiger partial charge in [-0.1, -0.05) is 0 Å². The van der Waals surface area contributed by atoms with E-state index in [9.17, 15) is 9.59 Å². The number of carbonyl (C=O) groups excluding carboxylic acids is 1. The summed E-state index contributed by atoms with van der Waals surface area (Å²) in [5.74, 6) is -1.52. The molecule has 1 atom stereocenters. The Morgan fingerprint density at radius 1 is 1.47 bits per heavy atom. The van der Waals surface area contributed by atoms with Crippen molar-refractivity contribution in [2.75, 3.05) is 6.54 Å². The third-order valence-electron chi connectivity index (χ3n) is 3.00. The van der Waals surface area contributed by atoms with Crippen molar-refractivity contribution in [1.82, 2.24) is 4.90 Å². The molecule has 0 bridgehead atoms. The lowest BCUT2D eigenvalue weighted by Gasteiger charge is -2.35. The molecule has 1 fully saturated rings. The van der Waals surface area contributed by atoms with Crippen LogP contribution < -0.4 is 5.73 Å². The van der Waals surface area contributed by atoms with E-state index < -0.39 is 23.0 Å². The number of rotatable bonds is 2. The number of likely N-dealkylation sites (tertiary alicyclic amines) is 1. The summed E-state index contributed by atoms with van der Waals surface area (Å²) in [6.07, 6.45) is 1.54. The van der Waals surface area contributed by atoms with E-state index in [1.54, 1.807) is 6.92 Å². The second-order valence-corrected chi connectivity index (χ2v) is 4.85. The van der Waals surface area contributed by atoms with Crippen LogP contribution >= 0.6 is 0 Å². The Kier molecular flexibility index (Phi) is 2.78. The Balaban J connectivity index is 2.90. The number of amides is 1. The minimum atomic E-state index is -1.40. The van der Waals surface area contributed by atoms with Crippen LogP contribution in [0.25, 0.3) is 0 Å². The maximum atomic E-state index is 12.0. The molecule has 1 aliphatic rings. The van der Waals surface area contributed by atoms with Crippen LogP contribution in [0.4, 0.5) is 0 Å². The van der Waals surface area contributed by atoms with Gasteiger partial charge in [-0.25, -0.2) is 0 Å². The summed E-state index contributed by atoms with van der Waals surface area (Å²) < 4.78 is 0. The minimum Gasteiger partial charge on any atom is -0.480 e. The van der Waals surface area contributed by atoms with Crippen LogP contribution in [0.3, 0.4) is 0 Å². The summed E-state index contributed by atoms with van der Waals surface area (Å²) in [7, 11) is 0. The summed E-state index contributed by atoms with van der Waals surface area (Å²) in [6, 6.07) is 0. The van der Waals surface area contributed by atoms with E-state index in [4.69, 9.17) is 10.8 Å². The molecule has 1 saturated heterocycles. The monoisotopic (exact) mass is 214 g/mol. The zero-order valence-corrected chi connectivity index (χ0v) is 9.41. The average molecular weight is 214 g/mol. The highest BCUT2D eigenvalue weighted by atomic mass is 16.4. The van der Waals surface area contributed by atoms with E-state index >= 15 is 0 Å². The third-order valence-corrected chi connectivity index (χ3v) is 3.00. The molecule has 1 amide bonds. The molecule has 0 aliphatic carbocycles. The van der Waals surface area contributed by atoms with Gasteiger partial charge in [-0.05, 0) is 33.6 Å². The molecule has 0 saturated carbocycles. The first kappa shape index (κ1) is 12.0. The number of carboxylic acids is 1. The largest absolute Gasteiger partial charge is 0.480 e. The zero-order chi connectivity index (χ0) is 11.9. The average Bonchev–Trinajstić information content (AvgIpc) is 2.43. The third kappa shape index (κ3) is 1.97. The molecule has 0 unspecified atom stereocenters. The summed E-state index contributed by atoms with van der Waals surface area (Å²) in [5, 5.41) is 8.95. The Labute approximate surface area is 89.2 Å². The minimum absolute atomic E-state index is 0.405. The van der Waals surface area contributed by atoms with Crippen molar-refractivity contribution < 1.29 is 14.7 Å². The van der Waals surface area contributed by atoms with Crippen molar-refractivity contribution in [3.05, 3.63) is 0 Å². The topological polar surface area (TPSA) is 83.6 Å². The van der Waals surface area contributed by atoms with Crippen molar-refractivity contribution in [2.45, 2.75) is 39.3 Å². The number of nitrogens with two attached hydrogens (primary N) is 1. The van der Waals surface area contributed by atoms with Crippen molar-refractivity contribution in [3.8, 4) is 0 Å². The molecule has 0 radical (unpaired) electrons. The molecule has 5 heteroatoms. The van der Waals surface area contributed by atoms with Crippen molar-refractivity contribution >= 4 is 11.9 Å². The number of nitrogens with zero attached hydrogens (tertiary/aromatic N) is 1. The van der Waals surface area contributed by atoms with Gasteiger partial charge >= 0.3 is 5.97 Å². The van der Waals surface area contributed by atoms with Gasteiger partial charge in [-0.3, -0.25) is 9.59 Å². The van der Waals surface area contributed by atoms with Crippen molar-refractivity contribution in [2.24, 2.45) is 11.1 Å². The lowest BCUT2D eigenvalue weighted by molar-refractivity contribution is -0.160. The van der Waals surface area contributed by atoms with Gasteiger partial charge in [0.25, 0.3) is 0 Å². The predicted molar refractivity (Wildman–Crippen MR) is 55.0 cm³/mol. The van der Waals surface area contributed by atoms with Crippen LogP contribution in [-0.4, -0.2) is 34.1 Å². The molecule has 1 heterocycles. The number of hydrogen-bond donors (Lipinski definition) is 2. The molecule has 0 aromatic carbocycles. The molecule has 0 aromatic rings. The zero-order valence-electron chi connectivity index (χ0n) is 9.41. The van der Waals surface area contributed by atoms with Crippen LogP contribution in [0.15, 0.2) is 0 Å². The summed E-state index contributed by atoms with van der Waals surface area (Å²) in [6.45, 7) is 5.12. The standard InChI is InChI=1S/C10H18N2O3/c1-9(2,8(14)15)7(13)12-6-4-5-10(12,3)11/h4-6,11H2,1-3H3,(H,14,15)/t10-/m1/s1. The van der Waals surface area contributed by atoms with E-state index in [1.165, 1.54) is 18.7 Å². The predicted octanol–water partition coefficient (Wildman–Crippen LogP) is 0.395. The van der Waals surface area contributed by atoms with Gasteiger partial charge in [0.05, 0.1) is 5.66 Å². The highest BCUT2D eigenvalue weighted by Gasteiger charge is 2.45. The van der Waals surface area contributed by atoms with E-state index in [-0.39, 0.29) is 0 Å². The normalized spacial score (nSPS) is 26.8. The number of aliphatic carboxylic acids is 1. The van der Waals surface area contributed by atoms with Gasteiger partial charge < -0.3 is 15.7 Å². The lowest BCUT2D eigenvalue weighted by Crippen LogP contribution is -2.56. The highest BCUT2D eigenvalue weighted by Crippen LogP contribution is 2.29. The molecule has 1 aliphatic heterocycles. The summed E-state index contributed by atoms with van der Waals surface area (Å²) >= 11 is 0. The maximum Gasteiger partial charge on any atom is 0.318 e. The molecule has 1 rings (SSSR count). The van der Waals surface area contributed by atoms with Crippen molar-refractivity contribution in [1.29, 1.82) is 0 Å². The second-order valence-electron chi connectivity index (χ2n) is 4.85. The Morgan fingerprint density at radius 2 is 2.00 bits per heavy atom. The number of carbonyl (C=O) groups is 2. The lowest BCUT2D eigenvalue weighted by atomic mass is 9.91. The molecule has 15 heavy (non-hydrogen) atoms. The molecular formula is C10H18N2O3. The molecule has 3 N–H and O–H groups in total. The van der Waals surface area contributed by atoms with E-state index in [1.807, 2.05) is 0 Å². The van der Waals surface area contributed by atoms with Crippen LogP contribution in [-0.2, 0) is 9.59 Å². The van der Waals surface area contributed by atoms with Gasteiger partial charge in [0.2, 0.25) is 5.91 Å². The molecule has 86 valence electrons. The molecule has 5 nitrogen and oxygen atoms in total. The maximum absolute atomic E-state index is 12.0. The first-order valence-corrected chi connectivity index (χ1v) is 5.04. The summed E-state index contributed by atoms with van der Waals surface area (Å²) in [5.41, 5.74) is 3.83. The molecular weight excluding hydrogens is 196 g/mol. The first-order chi connectivity index (χ1) is 6.69. The summed E-state index contributed by atoms with van der Waals surface area (Å²) in [4.78, 5) is 24.4. The second kappa shape index (κ2) is 3.48. The van der Waals surface area contributed by atoms with Gasteiger partial charge in [0, 0.05) is 6.54 Å². The van der Waals surface area contributed by atoms with E-state index in [2.05, 4.69) is 0 Å². The quantitative estimate of drug-likeness (QED) is 0.651. The smallest absolute Gasteiger partial charge is 0.318 e. The van der Waals surface area contributed by atoms with Crippen LogP contribution in [0, 0.1) is 5.41 Å². The number of carboxylic acid groups (broad SMARTS) is 1. The van der Waals surface area contributed by atoms with E-state index in [0.29, 0.717) is 13.0 Å². The van der Waals surface area contributed by atoms with E-state index in [0.717, 1.165) is 6.42 Å². The van der Waals surface area contributed by atoms with Crippen molar-refractivity contribution in [3.63, 3.8) is 0 Å². The Bertz CT molecular complexity index is 297. The fraction of sp³-hybridized carbons (Fsp3) is 0.800. The Morgan fingerprint density at radius 3 is 2.33 bits per heavy atom. The fourth-order valence-corrected chi connectivity index (χ4v) is 1.75. The Hall–Kier alpha value is -1.10. The first-order valence-electron chi connectivity index (χ1n) is 5.04. The number of hydrogen-bond acceptors (Lipinski definition) is 3. The van der Waals surface area contributed by atoms with Crippen LogP contribution in [0.1, 0.15) is 33.6 Å². The van der Waals surface area contributed by atoms with Gasteiger partial charge in [0.15, 0.2) is 0 Å². The van der Waals surface area contributed by atoms with Gasteiger partial charge in [-0.15, -0.1) is 0 Å². The van der Waals surface area contributed by atoms with Crippen LogP contribution in [0.2, 0.25) is 0 Å².